The first kappa shape index (κ1) is 17.0. The first-order valence-electron chi connectivity index (χ1n) is 7.69. The maximum atomic E-state index is 12.4. The monoisotopic (exact) mass is 355 g/mol. The molecule has 123 valence electrons. The van der Waals surface area contributed by atoms with Crippen molar-refractivity contribution in [3.05, 3.63) is 71.6 Å². The lowest BCUT2D eigenvalue weighted by atomic mass is 10.1. The molecule has 24 heavy (non-hydrogen) atoms. The normalized spacial score (nSPS) is 25.0. The number of carbonyl (C=O) groups excluding carboxylic acids is 1. The lowest BCUT2D eigenvalue weighted by Crippen LogP contribution is -2.31. The zero-order valence-electron chi connectivity index (χ0n) is 13.7. The van der Waals surface area contributed by atoms with Crippen LogP contribution in [0.2, 0.25) is 0 Å². The van der Waals surface area contributed by atoms with Crippen molar-refractivity contribution in [3.8, 4) is 5.92 Å². The van der Waals surface area contributed by atoms with E-state index in [-0.39, 0.29) is 12.1 Å². The zero-order valence-corrected chi connectivity index (χ0v) is 15.4. The molecule has 3 rings (SSSR count). The van der Waals surface area contributed by atoms with Gasteiger partial charge in [-0.3, -0.25) is 0 Å². The molecule has 2 unspecified atom stereocenters. The lowest BCUT2D eigenvalue weighted by molar-refractivity contribution is 0.0347. The summed E-state index contributed by atoms with van der Waals surface area (Å²) in [4.78, 5) is 13.7. The molecule has 2 nitrogen and oxygen atoms in total. The van der Waals surface area contributed by atoms with Crippen LogP contribution in [0, 0.1) is 12.3 Å². The van der Waals surface area contributed by atoms with Crippen molar-refractivity contribution in [1.82, 2.24) is 0 Å². The highest BCUT2D eigenvalue weighted by atomic mass is 33.2. The standard InChI is InChI=1S/C20H19O2S2/c1-4-15-10-11-17-13-18(14-24(3,23-2)19(17)12-15)22-20(21)16-8-6-5-7-9-16/h5-12,18H,13-14H2,2-3H3. The topological polar surface area (TPSA) is 26.3 Å². The van der Waals surface area contributed by atoms with E-state index in [9.17, 15) is 4.79 Å². The average Bonchev–Trinajstić information content (AvgIpc) is 2.62. The van der Waals surface area contributed by atoms with E-state index in [1.54, 1.807) is 12.1 Å². The van der Waals surface area contributed by atoms with Crippen molar-refractivity contribution in [2.75, 3.05) is 18.3 Å². The molecule has 2 aromatic rings. The Hall–Kier alpha value is -1.83. The lowest BCUT2D eigenvalue weighted by Gasteiger charge is -2.42. The molecule has 0 aliphatic carbocycles. The molecule has 1 aliphatic heterocycles. The quantitative estimate of drug-likeness (QED) is 0.461. The smallest absolute Gasteiger partial charge is 0.338 e. The zero-order chi connectivity index (χ0) is 17.2. The molecule has 0 saturated carbocycles. The van der Waals surface area contributed by atoms with E-state index in [4.69, 9.17) is 11.2 Å². The largest absolute Gasteiger partial charge is 0.458 e. The molecule has 1 heterocycles. The molecule has 1 radical (unpaired) electrons. The Morgan fingerprint density at radius 1 is 1.29 bits per heavy atom. The summed E-state index contributed by atoms with van der Waals surface area (Å²) in [6.07, 6.45) is 12.4. The Kier molecular flexibility index (Phi) is 4.93. The van der Waals surface area contributed by atoms with Crippen molar-refractivity contribution in [3.63, 3.8) is 0 Å². The second-order valence-corrected chi connectivity index (χ2v) is 12.2. The minimum absolute atomic E-state index is 0.104. The second kappa shape index (κ2) is 6.96. The average molecular weight is 356 g/mol. The highest BCUT2D eigenvalue weighted by Gasteiger charge is 2.34. The third-order valence-corrected chi connectivity index (χ3v) is 10.5. The van der Waals surface area contributed by atoms with Gasteiger partial charge < -0.3 is 4.74 Å². The van der Waals surface area contributed by atoms with Crippen LogP contribution in [-0.4, -0.2) is 30.3 Å². The Balaban J connectivity index is 1.86. The number of carbonyl (C=O) groups is 1. The van der Waals surface area contributed by atoms with Crippen molar-refractivity contribution in [1.29, 1.82) is 0 Å². The molecule has 0 N–H and O–H groups in total. The molecule has 0 amide bonds. The number of ether oxygens (including phenoxy) is 1. The molecular weight excluding hydrogens is 336 g/mol. The van der Waals surface area contributed by atoms with E-state index >= 15 is 0 Å². The van der Waals surface area contributed by atoms with Gasteiger partial charge in [-0.05, 0) is 48.8 Å². The van der Waals surface area contributed by atoms with Gasteiger partial charge in [0, 0.05) is 22.6 Å². The second-order valence-electron chi connectivity index (χ2n) is 5.88. The van der Waals surface area contributed by atoms with E-state index in [0.717, 1.165) is 17.7 Å². The van der Waals surface area contributed by atoms with Crippen LogP contribution in [-0.2, 0) is 11.2 Å². The van der Waals surface area contributed by atoms with Crippen LogP contribution in [0.5, 0.6) is 0 Å². The summed E-state index contributed by atoms with van der Waals surface area (Å²) in [7, 11) is 0.709. The Morgan fingerprint density at radius 2 is 2.04 bits per heavy atom. The van der Waals surface area contributed by atoms with Gasteiger partial charge in [-0.1, -0.05) is 30.2 Å². The van der Waals surface area contributed by atoms with E-state index < -0.39 is 9.06 Å². The molecule has 0 bridgehead atoms. The SMILES string of the molecule is [C]#Cc1ccc2c(c1)S(C)(SC)CC(OC(=O)c1ccccc1)C2. The molecule has 1 aliphatic rings. The fraction of sp³-hybridized carbons (Fsp3) is 0.250. The summed E-state index contributed by atoms with van der Waals surface area (Å²) in [6, 6.07) is 15.2. The molecule has 2 aromatic carbocycles. The highest BCUT2D eigenvalue weighted by Crippen LogP contribution is 2.65. The van der Waals surface area contributed by atoms with Crippen LogP contribution in [0.25, 0.3) is 0 Å². The van der Waals surface area contributed by atoms with Gasteiger partial charge in [-0.2, -0.15) is 9.06 Å². The summed E-state index contributed by atoms with van der Waals surface area (Å²) in [5.41, 5.74) is 2.62. The van der Waals surface area contributed by atoms with Crippen molar-refractivity contribution in [2.45, 2.75) is 17.4 Å². The number of hydrogen-bond acceptors (Lipinski definition) is 3. The number of hydrogen-bond donors (Lipinski definition) is 0. The van der Waals surface area contributed by atoms with E-state index in [1.165, 1.54) is 10.5 Å². The van der Waals surface area contributed by atoms with Crippen LogP contribution < -0.4 is 0 Å². The van der Waals surface area contributed by atoms with Gasteiger partial charge in [0.05, 0.1) is 5.56 Å². The van der Waals surface area contributed by atoms with Crippen LogP contribution in [0.1, 0.15) is 21.5 Å². The van der Waals surface area contributed by atoms with Crippen LogP contribution in [0.3, 0.4) is 0 Å². The Bertz CT molecular complexity index is 795. The molecule has 4 heteroatoms. The maximum absolute atomic E-state index is 12.4. The molecule has 0 spiro atoms. The van der Waals surface area contributed by atoms with Crippen molar-refractivity contribution < 1.29 is 9.53 Å². The first-order valence-corrected chi connectivity index (χ1v) is 11.6. The molecule has 2 atom stereocenters. The molecular formula is C20H19O2S2. The van der Waals surface area contributed by atoms with Gasteiger partial charge in [0.1, 0.15) is 6.10 Å². The highest BCUT2D eigenvalue weighted by molar-refractivity contribution is 8.93. The van der Waals surface area contributed by atoms with Gasteiger partial charge >= 0.3 is 5.97 Å². The molecule has 0 aromatic heterocycles. The third-order valence-electron chi connectivity index (χ3n) is 4.28. The number of benzene rings is 2. The van der Waals surface area contributed by atoms with E-state index in [1.807, 2.05) is 35.1 Å². The van der Waals surface area contributed by atoms with Crippen molar-refractivity contribution in [2.24, 2.45) is 0 Å². The van der Waals surface area contributed by atoms with Crippen LogP contribution in [0.4, 0.5) is 0 Å². The first-order chi connectivity index (χ1) is 11.6. The summed E-state index contributed by atoms with van der Waals surface area (Å²) in [5, 5.41) is 0. The van der Waals surface area contributed by atoms with Crippen molar-refractivity contribution >= 4 is 25.8 Å². The fourth-order valence-electron chi connectivity index (χ4n) is 2.98. The summed E-state index contributed by atoms with van der Waals surface area (Å²) >= 11 is 0. The van der Waals surface area contributed by atoms with Gasteiger partial charge in [0.2, 0.25) is 0 Å². The van der Waals surface area contributed by atoms with Gasteiger partial charge in [0.15, 0.2) is 0 Å². The maximum Gasteiger partial charge on any atom is 0.338 e. The fourth-order valence-corrected chi connectivity index (χ4v) is 7.32. The van der Waals surface area contributed by atoms with E-state index in [2.05, 4.69) is 30.6 Å². The molecule has 0 fully saturated rings. The van der Waals surface area contributed by atoms with Crippen LogP contribution in [0.15, 0.2) is 53.4 Å². The Labute approximate surface area is 148 Å². The third kappa shape index (κ3) is 3.33. The number of esters is 1. The molecule has 0 saturated heterocycles. The number of fused-ring (bicyclic) bond motifs is 1. The minimum atomic E-state index is -1.13. The summed E-state index contributed by atoms with van der Waals surface area (Å²) in [5.74, 6) is 3.07. The number of rotatable bonds is 3. The van der Waals surface area contributed by atoms with Gasteiger partial charge in [-0.15, -0.1) is 10.8 Å². The predicted molar refractivity (Wildman–Crippen MR) is 102 cm³/mol. The van der Waals surface area contributed by atoms with E-state index in [0.29, 0.717) is 5.56 Å². The van der Waals surface area contributed by atoms with Crippen LogP contribution >= 0.6 is 19.9 Å². The van der Waals surface area contributed by atoms with Gasteiger partial charge in [-0.25, -0.2) is 4.79 Å². The summed E-state index contributed by atoms with van der Waals surface area (Å²) in [6.45, 7) is 0. The van der Waals surface area contributed by atoms with Gasteiger partial charge in [0.25, 0.3) is 0 Å². The Morgan fingerprint density at radius 3 is 2.71 bits per heavy atom. The minimum Gasteiger partial charge on any atom is -0.458 e. The predicted octanol–water partition coefficient (Wildman–Crippen LogP) is 4.48. The summed E-state index contributed by atoms with van der Waals surface area (Å²) < 4.78 is 5.80.